The van der Waals surface area contributed by atoms with E-state index in [1.165, 1.54) is 12.1 Å². The number of hydrogen-bond donors (Lipinski definition) is 3. The van der Waals surface area contributed by atoms with E-state index in [0.717, 1.165) is 4.90 Å². The maximum absolute atomic E-state index is 12.3. The minimum absolute atomic E-state index is 0.119. The van der Waals surface area contributed by atoms with Gasteiger partial charge in [0.2, 0.25) is 11.8 Å². The first-order chi connectivity index (χ1) is 14.4. The molecule has 30 heavy (non-hydrogen) atoms. The van der Waals surface area contributed by atoms with Crippen molar-refractivity contribution in [3.63, 3.8) is 0 Å². The van der Waals surface area contributed by atoms with Crippen molar-refractivity contribution in [3.05, 3.63) is 65.2 Å². The molecule has 0 aromatic heterocycles. The van der Waals surface area contributed by atoms with Crippen LogP contribution in [0, 0.1) is 0 Å². The molecule has 5 amide bonds. The number of carbonyl (C=O) groups excluding carboxylic acids is 5. The molecule has 9 nitrogen and oxygen atoms in total. The maximum atomic E-state index is 12.3. The molecule has 9 heteroatoms. The van der Waals surface area contributed by atoms with Crippen molar-refractivity contribution >= 4 is 35.2 Å². The number of fused-ring (bicyclic) bond motifs is 1. The summed E-state index contributed by atoms with van der Waals surface area (Å²) in [4.78, 5) is 60.4. The van der Waals surface area contributed by atoms with Gasteiger partial charge in [-0.1, -0.05) is 12.1 Å². The first-order valence-corrected chi connectivity index (χ1v) is 9.28. The third-order valence-corrected chi connectivity index (χ3v) is 4.52. The fraction of sp³-hybridized carbons (Fsp3) is 0.190. The van der Waals surface area contributed by atoms with Crippen LogP contribution in [-0.2, 0) is 9.59 Å². The van der Waals surface area contributed by atoms with Gasteiger partial charge in [-0.15, -0.1) is 0 Å². The van der Waals surface area contributed by atoms with E-state index in [1.807, 2.05) is 0 Å². The molecule has 0 spiro atoms. The maximum Gasteiger partial charge on any atom is 0.261 e. The molecule has 0 aliphatic carbocycles. The first-order valence-electron chi connectivity index (χ1n) is 9.28. The zero-order valence-corrected chi connectivity index (χ0v) is 16.0. The van der Waals surface area contributed by atoms with Crippen LogP contribution < -0.4 is 16.4 Å². The summed E-state index contributed by atoms with van der Waals surface area (Å²) in [6.07, 6.45) is 0.444. The van der Waals surface area contributed by atoms with Crippen LogP contribution in [-0.4, -0.2) is 47.5 Å². The number of benzene rings is 2. The Kier molecular flexibility index (Phi) is 6.21. The highest BCUT2D eigenvalue weighted by Crippen LogP contribution is 2.22. The summed E-state index contributed by atoms with van der Waals surface area (Å²) in [7, 11) is 0. The van der Waals surface area contributed by atoms with Crippen molar-refractivity contribution in [2.75, 3.05) is 18.4 Å². The Labute approximate surface area is 172 Å². The van der Waals surface area contributed by atoms with E-state index in [1.54, 1.807) is 36.4 Å². The zero-order chi connectivity index (χ0) is 21.7. The van der Waals surface area contributed by atoms with Gasteiger partial charge in [-0.05, 0) is 42.8 Å². The smallest absolute Gasteiger partial charge is 0.261 e. The van der Waals surface area contributed by atoms with Crippen molar-refractivity contribution in [2.24, 2.45) is 5.73 Å². The van der Waals surface area contributed by atoms with Crippen LogP contribution in [0.4, 0.5) is 5.69 Å². The molecule has 154 valence electrons. The Morgan fingerprint density at radius 3 is 2.07 bits per heavy atom. The van der Waals surface area contributed by atoms with Gasteiger partial charge in [0, 0.05) is 24.2 Å². The molecule has 2 aromatic rings. The monoisotopic (exact) mass is 408 g/mol. The summed E-state index contributed by atoms with van der Waals surface area (Å²) < 4.78 is 0. The van der Waals surface area contributed by atoms with Gasteiger partial charge in [-0.3, -0.25) is 28.9 Å². The van der Waals surface area contributed by atoms with Gasteiger partial charge in [0.25, 0.3) is 17.7 Å². The molecule has 0 unspecified atom stereocenters. The highest BCUT2D eigenvalue weighted by Gasteiger charge is 2.34. The number of hydrogen-bond acceptors (Lipinski definition) is 5. The van der Waals surface area contributed by atoms with Crippen molar-refractivity contribution in [1.29, 1.82) is 0 Å². The largest absolute Gasteiger partial charge is 0.368 e. The summed E-state index contributed by atoms with van der Waals surface area (Å²) in [5.74, 6) is -2.07. The Morgan fingerprint density at radius 1 is 0.900 bits per heavy atom. The lowest BCUT2D eigenvalue weighted by molar-refractivity contribution is -0.117. The molecule has 3 rings (SSSR count). The Morgan fingerprint density at radius 2 is 1.50 bits per heavy atom. The number of nitrogens with zero attached hydrogens (tertiary/aromatic N) is 1. The van der Waals surface area contributed by atoms with Crippen LogP contribution >= 0.6 is 0 Å². The lowest BCUT2D eigenvalue weighted by Gasteiger charge is -2.13. The van der Waals surface area contributed by atoms with Crippen molar-refractivity contribution in [3.8, 4) is 0 Å². The molecule has 1 aliphatic rings. The van der Waals surface area contributed by atoms with Crippen molar-refractivity contribution < 1.29 is 24.0 Å². The fourth-order valence-electron chi connectivity index (χ4n) is 3.04. The van der Waals surface area contributed by atoms with Crippen LogP contribution in [0.2, 0.25) is 0 Å². The van der Waals surface area contributed by atoms with Gasteiger partial charge in [0.15, 0.2) is 0 Å². The van der Waals surface area contributed by atoms with Gasteiger partial charge in [-0.2, -0.15) is 0 Å². The minimum Gasteiger partial charge on any atom is -0.368 e. The average Bonchev–Trinajstić information content (AvgIpc) is 2.97. The molecule has 4 N–H and O–H groups in total. The van der Waals surface area contributed by atoms with Crippen LogP contribution in [0.5, 0.6) is 0 Å². The molecule has 0 atom stereocenters. The zero-order valence-electron chi connectivity index (χ0n) is 16.0. The average molecular weight is 408 g/mol. The molecule has 0 saturated heterocycles. The summed E-state index contributed by atoms with van der Waals surface area (Å²) in [5.41, 5.74) is 6.55. The van der Waals surface area contributed by atoms with E-state index in [0.29, 0.717) is 28.8 Å². The third kappa shape index (κ3) is 4.69. The topological polar surface area (TPSA) is 139 Å². The van der Waals surface area contributed by atoms with Gasteiger partial charge in [0.05, 0.1) is 17.7 Å². The van der Waals surface area contributed by atoms with E-state index in [-0.39, 0.29) is 37.2 Å². The Balaban J connectivity index is 1.46. The van der Waals surface area contributed by atoms with E-state index < -0.39 is 11.8 Å². The van der Waals surface area contributed by atoms with E-state index >= 15 is 0 Å². The summed E-state index contributed by atoms with van der Waals surface area (Å²) in [6.45, 7) is -0.108. The predicted octanol–water partition coefficient (Wildman–Crippen LogP) is 0.917. The van der Waals surface area contributed by atoms with Crippen molar-refractivity contribution in [2.45, 2.75) is 12.8 Å². The minimum atomic E-state index is -0.645. The number of carbonyl (C=O) groups is 5. The second-order valence-corrected chi connectivity index (χ2v) is 6.69. The van der Waals surface area contributed by atoms with E-state index in [4.69, 9.17) is 5.73 Å². The molecular weight excluding hydrogens is 388 g/mol. The van der Waals surface area contributed by atoms with E-state index in [2.05, 4.69) is 10.6 Å². The van der Waals surface area contributed by atoms with Crippen molar-refractivity contribution in [1.82, 2.24) is 10.2 Å². The first kappa shape index (κ1) is 20.7. The van der Waals surface area contributed by atoms with E-state index in [9.17, 15) is 24.0 Å². The summed E-state index contributed by atoms with van der Waals surface area (Å²) >= 11 is 0. The van der Waals surface area contributed by atoms with Gasteiger partial charge in [0.1, 0.15) is 0 Å². The van der Waals surface area contributed by atoms with Gasteiger partial charge < -0.3 is 16.4 Å². The molecule has 2 aromatic carbocycles. The van der Waals surface area contributed by atoms with Crippen LogP contribution in [0.3, 0.4) is 0 Å². The van der Waals surface area contributed by atoms with Crippen LogP contribution in [0.1, 0.15) is 43.9 Å². The highest BCUT2D eigenvalue weighted by atomic mass is 16.2. The predicted molar refractivity (Wildman–Crippen MR) is 108 cm³/mol. The number of nitrogens with one attached hydrogen (secondary N) is 2. The van der Waals surface area contributed by atoms with Gasteiger partial charge >= 0.3 is 0 Å². The molecule has 0 bridgehead atoms. The Bertz CT molecular complexity index is 981. The molecule has 0 fully saturated rings. The second-order valence-electron chi connectivity index (χ2n) is 6.69. The number of rotatable bonds is 8. The van der Waals surface area contributed by atoms with Crippen LogP contribution in [0.25, 0.3) is 0 Å². The molecule has 0 saturated carbocycles. The summed E-state index contributed by atoms with van der Waals surface area (Å²) in [5, 5.41) is 5.06. The number of primary amides is 1. The SMILES string of the molecule is NC(=O)CNC(=O)c1ccc(NC(=O)CCCN2C(=O)c3ccccc3C2=O)cc1. The molecule has 0 radical (unpaired) electrons. The number of nitrogens with two attached hydrogens (primary N) is 1. The summed E-state index contributed by atoms with van der Waals surface area (Å²) in [6, 6.07) is 12.7. The third-order valence-electron chi connectivity index (χ3n) is 4.52. The number of anilines is 1. The van der Waals surface area contributed by atoms with Crippen LogP contribution in [0.15, 0.2) is 48.5 Å². The highest BCUT2D eigenvalue weighted by molar-refractivity contribution is 6.21. The molecule has 1 aliphatic heterocycles. The number of amides is 5. The second kappa shape index (κ2) is 8.99. The quantitative estimate of drug-likeness (QED) is 0.558. The fourth-order valence-corrected chi connectivity index (χ4v) is 3.04. The standard InChI is InChI=1S/C21H20N4O5/c22-17(26)12-23-19(28)13-7-9-14(10-8-13)24-18(27)6-3-11-25-20(29)15-4-1-2-5-16(15)21(25)30/h1-2,4-5,7-10H,3,6,11-12H2,(H2,22,26)(H,23,28)(H,24,27). The van der Waals surface area contributed by atoms with Gasteiger partial charge in [-0.25, -0.2) is 0 Å². The normalized spacial score (nSPS) is 12.5. The molecule has 1 heterocycles. The Hall–Kier alpha value is -4.01. The molecular formula is C21H20N4O5. The lowest BCUT2D eigenvalue weighted by atomic mass is 10.1. The number of imide groups is 1. The lowest BCUT2D eigenvalue weighted by Crippen LogP contribution is -2.33.